The molecule has 0 aliphatic carbocycles. The smallest absolute Gasteiger partial charge is 0.337 e. The summed E-state index contributed by atoms with van der Waals surface area (Å²) in [5.74, 6) is 0.366. The summed E-state index contributed by atoms with van der Waals surface area (Å²) in [6, 6.07) is 10.9. The van der Waals surface area contributed by atoms with E-state index in [0.29, 0.717) is 5.56 Å². The standard InChI is InChI=1S/C17H16N4O2/c1-21-11-14(10-19-21)13-7-8-18-16(9-13)20-15-5-3-12(4-6-15)17(22)23-2/h3-11H,1-2H3,(H,18,20). The Morgan fingerprint density at radius 3 is 2.61 bits per heavy atom. The van der Waals surface area contributed by atoms with Crippen LogP contribution in [0.1, 0.15) is 10.4 Å². The molecule has 3 rings (SSSR count). The second-order valence-corrected chi connectivity index (χ2v) is 5.03. The summed E-state index contributed by atoms with van der Waals surface area (Å²) in [5, 5.41) is 7.39. The molecule has 116 valence electrons. The fraction of sp³-hybridized carbons (Fsp3) is 0.118. The van der Waals surface area contributed by atoms with Gasteiger partial charge in [-0.15, -0.1) is 0 Å². The quantitative estimate of drug-likeness (QED) is 0.750. The van der Waals surface area contributed by atoms with Gasteiger partial charge < -0.3 is 10.1 Å². The highest BCUT2D eigenvalue weighted by Crippen LogP contribution is 2.22. The van der Waals surface area contributed by atoms with Crippen molar-refractivity contribution < 1.29 is 9.53 Å². The Morgan fingerprint density at radius 1 is 1.17 bits per heavy atom. The van der Waals surface area contributed by atoms with Crippen molar-refractivity contribution in [1.29, 1.82) is 0 Å². The predicted molar refractivity (Wildman–Crippen MR) is 87.5 cm³/mol. The van der Waals surface area contributed by atoms with E-state index in [-0.39, 0.29) is 5.97 Å². The fourth-order valence-electron chi connectivity index (χ4n) is 2.20. The summed E-state index contributed by atoms with van der Waals surface area (Å²) in [4.78, 5) is 15.7. The second-order valence-electron chi connectivity index (χ2n) is 5.03. The summed E-state index contributed by atoms with van der Waals surface area (Å²) in [6.45, 7) is 0. The van der Waals surface area contributed by atoms with Gasteiger partial charge in [-0.2, -0.15) is 5.10 Å². The van der Waals surface area contributed by atoms with Crippen LogP contribution in [0, 0.1) is 0 Å². The Bertz CT molecular complexity index is 825. The number of rotatable bonds is 4. The van der Waals surface area contributed by atoms with Crippen molar-refractivity contribution in [3.05, 3.63) is 60.6 Å². The highest BCUT2D eigenvalue weighted by molar-refractivity contribution is 5.89. The van der Waals surface area contributed by atoms with Gasteiger partial charge in [0, 0.05) is 30.7 Å². The molecule has 0 bridgehead atoms. The third kappa shape index (κ3) is 3.37. The molecular weight excluding hydrogens is 292 g/mol. The minimum Gasteiger partial charge on any atom is -0.465 e. The normalized spacial score (nSPS) is 10.3. The maximum absolute atomic E-state index is 11.4. The molecular formula is C17H16N4O2. The Labute approximate surface area is 133 Å². The van der Waals surface area contributed by atoms with Crippen LogP contribution < -0.4 is 5.32 Å². The molecule has 6 nitrogen and oxygen atoms in total. The molecule has 0 saturated carbocycles. The van der Waals surface area contributed by atoms with Crippen LogP contribution in [0.25, 0.3) is 11.1 Å². The van der Waals surface area contributed by atoms with Crippen LogP contribution in [0.15, 0.2) is 55.0 Å². The third-order valence-corrected chi connectivity index (χ3v) is 3.38. The van der Waals surface area contributed by atoms with E-state index in [2.05, 4.69) is 20.1 Å². The Balaban J connectivity index is 1.79. The van der Waals surface area contributed by atoms with Gasteiger partial charge in [-0.05, 0) is 42.0 Å². The van der Waals surface area contributed by atoms with Crippen molar-refractivity contribution in [3.63, 3.8) is 0 Å². The molecule has 2 aromatic heterocycles. The number of pyridine rings is 1. The number of ether oxygens (including phenoxy) is 1. The number of methoxy groups -OCH3 is 1. The van der Waals surface area contributed by atoms with Crippen LogP contribution in [0.3, 0.4) is 0 Å². The first-order valence-corrected chi connectivity index (χ1v) is 7.06. The molecule has 23 heavy (non-hydrogen) atoms. The number of aromatic nitrogens is 3. The number of esters is 1. The monoisotopic (exact) mass is 308 g/mol. The molecule has 1 aromatic carbocycles. The summed E-state index contributed by atoms with van der Waals surface area (Å²) in [5.41, 5.74) is 3.41. The Morgan fingerprint density at radius 2 is 1.96 bits per heavy atom. The number of carbonyl (C=O) groups is 1. The van der Waals surface area contributed by atoms with Crippen LogP contribution in [0.5, 0.6) is 0 Å². The van der Waals surface area contributed by atoms with Crippen LogP contribution >= 0.6 is 0 Å². The van der Waals surface area contributed by atoms with Crippen molar-refractivity contribution >= 4 is 17.5 Å². The van der Waals surface area contributed by atoms with Crippen molar-refractivity contribution in [2.24, 2.45) is 7.05 Å². The van der Waals surface area contributed by atoms with Gasteiger partial charge in [0.25, 0.3) is 0 Å². The van der Waals surface area contributed by atoms with Gasteiger partial charge in [-0.3, -0.25) is 4.68 Å². The van der Waals surface area contributed by atoms with Crippen molar-refractivity contribution in [2.45, 2.75) is 0 Å². The average Bonchev–Trinajstić information content (AvgIpc) is 3.02. The zero-order valence-electron chi connectivity index (χ0n) is 12.9. The lowest BCUT2D eigenvalue weighted by atomic mass is 10.1. The number of anilines is 2. The maximum Gasteiger partial charge on any atom is 0.337 e. The topological polar surface area (TPSA) is 69.0 Å². The van der Waals surface area contributed by atoms with E-state index in [9.17, 15) is 4.79 Å². The number of benzene rings is 1. The largest absolute Gasteiger partial charge is 0.465 e. The zero-order valence-corrected chi connectivity index (χ0v) is 12.9. The lowest BCUT2D eigenvalue weighted by Crippen LogP contribution is -2.01. The lowest BCUT2D eigenvalue weighted by molar-refractivity contribution is 0.0601. The van der Waals surface area contributed by atoms with E-state index in [0.717, 1.165) is 22.6 Å². The molecule has 0 fully saturated rings. The molecule has 0 unspecified atom stereocenters. The molecule has 0 saturated heterocycles. The van der Waals surface area contributed by atoms with Crippen LogP contribution in [-0.2, 0) is 11.8 Å². The van der Waals surface area contributed by atoms with Crippen molar-refractivity contribution in [1.82, 2.24) is 14.8 Å². The van der Waals surface area contributed by atoms with Gasteiger partial charge >= 0.3 is 5.97 Å². The van der Waals surface area contributed by atoms with E-state index in [1.165, 1.54) is 7.11 Å². The Hall–Kier alpha value is -3.15. The SMILES string of the molecule is COC(=O)c1ccc(Nc2cc(-c3cnn(C)c3)ccn2)cc1. The summed E-state index contributed by atoms with van der Waals surface area (Å²) < 4.78 is 6.44. The number of hydrogen-bond donors (Lipinski definition) is 1. The van der Waals surface area contributed by atoms with Crippen molar-refractivity contribution in [2.75, 3.05) is 12.4 Å². The highest BCUT2D eigenvalue weighted by Gasteiger charge is 2.06. The van der Waals surface area contributed by atoms with Crippen LogP contribution in [-0.4, -0.2) is 27.8 Å². The van der Waals surface area contributed by atoms with Gasteiger partial charge in [0.15, 0.2) is 0 Å². The molecule has 0 spiro atoms. The van der Waals surface area contributed by atoms with Crippen LogP contribution in [0.4, 0.5) is 11.5 Å². The molecule has 0 amide bonds. The third-order valence-electron chi connectivity index (χ3n) is 3.38. The number of nitrogens with one attached hydrogen (secondary N) is 1. The molecule has 0 aliphatic rings. The first kappa shape index (κ1) is 14.8. The maximum atomic E-state index is 11.4. The number of carbonyl (C=O) groups excluding carboxylic acids is 1. The van der Waals surface area contributed by atoms with Gasteiger partial charge in [-0.25, -0.2) is 9.78 Å². The van der Waals surface area contributed by atoms with Crippen LogP contribution in [0.2, 0.25) is 0 Å². The van der Waals surface area contributed by atoms with E-state index in [1.807, 2.05) is 43.7 Å². The molecule has 6 heteroatoms. The molecule has 0 atom stereocenters. The first-order valence-electron chi connectivity index (χ1n) is 7.06. The van der Waals surface area contributed by atoms with Gasteiger partial charge in [0.2, 0.25) is 0 Å². The number of hydrogen-bond acceptors (Lipinski definition) is 5. The summed E-state index contributed by atoms with van der Waals surface area (Å²) in [6.07, 6.45) is 5.50. The molecule has 2 heterocycles. The van der Waals surface area contributed by atoms with Gasteiger partial charge in [-0.1, -0.05) is 0 Å². The second kappa shape index (κ2) is 6.31. The highest BCUT2D eigenvalue weighted by atomic mass is 16.5. The summed E-state index contributed by atoms with van der Waals surface area (Å²) >= 11 is 0. The first-order chi connectivity index (χ1) is 11.2. The number of aryl methyl sites for hydroxylation is 1. The molecule has 3 aromatic rings. The fourth-order valence-corrected chi connectivity index (χ4v) is 2.20. The van der Waals surface area contributed by atoms with Crippen molar-refractivity contribution in [3.8, 4) is 11.1 Å². The summed E-state index contributed by atoms with van der Waals surface area (Å²) in [7, 11) is 3.25. The van der Waals surface area contributed by atoms with E-state index >= 15 is 0 Å². The Kier molecular flexibility index (Phi) is 4.05. The number of nitrogens with zero attached hydrogens (tertiary/aromatic N) is 3. The zero-order chi connectivity index (χ0) is 16.2. The average molecular weight is 308 g/mol. The molecule has 0 aliphatic heterocycles. The van der Waals surface area contributed by atoms with E-state index < -0.39 is 0 Å². The molecule has 0 radical (unpaired) electrons. The van der Waals surface area contributed by atoms with E-state index in [4.69, 9.17) is 0 Å². The van der Waals surface area contributed by atoms with Gasteiger partial charge in [0.1, 0.15) is 5.82 Å². The molecule has 1 N–H and O–H groups in total. The van der Waals surface area contributed by atoms with E-state index in [1.54, 1.807) is 23.0 Å². The van der Waals surface area contributed by atoms with Gasteiger partial charge in [0.05, 0.1) is 18.9 Å². The minimum atomic E-state index is -0.353. The lowest BCUT2D eigenvalue weighted by Gasteiger charge is -2.07. The minimum absolute atomic E-state index is 0.353. The predicted octanol–water partition coefficient (Wildman–Crippen LogP) is 3.01.